The number of aromatic nitrogens is 3. The molecule has 118 valence electrons. The molecule has 0 saturated carbocycles. The van der Waals surface area contributed by atoms with Gasteiger partial charge in [0.05, 0.1) is 0 Å². The molecule has 0 radical (unpaired) electrons. The average molecular weight is 313 g/mol. The van der Waals surface area contributed by atoms with Crippen LogP contribution in [0.15, 0.2) is 67.3 Å². The molecule has 3 rings (SSSR count). The molecule has 0 aliphatic rings. The number of hydrogen-bond donors (Lipinski definition) is 0. The Kier molecular flexibility index (Phi) is 4.62. The van der Waals surface area contributed by atoms with E-state index < -0.39 is 0 Å². The van der Waals surface area contributed by atoms with E-state index in [-0.39, 0.29) is 0 Å². The zero-order valence-corrected chi connectivity index (χ0v) is 13.9. The van der Waals surface area contributed by atoms with Crippen molar-refractivity contribution in [3.8, 4) is 11.4 Å². The minimum atomic E-state index is 0.603. The first-order valence-corrected chi connectivity index (χ1v) is 7.88. The molecule has 0 unspecified atom stereocenters. The van der Waals surface area contributed by atoms with Gasteiger partial charge in [-0.25, -0.2) is 15.0 Å². The summed E-state index contributed by atoms with van der Waals surface area (Å²) in [6.07, 6.45) is 3.80. The van der Waals surface area contributed by atoms with Gasteiger partial charge in [0.15, 0.2) is 17.5 Å². The van der Waals surface area contributed by atoms with E-state index in [1.54, 1.807) is 0 Å². The number of nitrogens with zero attached hydrogens (tertiary/aromatic N) is 3. The highest BCUT2D eigenvalue weighted by Crippen LogP contribution is 2.24. The van der Waals surface area contributed by atoms with Crippen LogP contribution in [0.5, 0.6) is 0 Å². The van der Waals surface area contributed by atoms with Crippen LogP contribution in [-0.4, -0.2) is 15.0 Å². The summed E-state index contributed by atoms with van der Waals surface area (Å²) in [4.78, 5) is 13.7. The van der Waals surface area contributed by atoms with E-state index in [0.717, 1.165) is 22.3 Å². The highest BCUT2D eigenvalue weighted by atomic mass is 15.0. The van der Waals surface area contributed by atoms with Crippen molar-refractivity contribution in [2.75, 3.05) is 0 Å². The van der Waals surface area contributed by atoms with E-state index >= 15 is 0 Å². The summed E-state index contributed by atoms with van der Waals surface area (Å²) in [5, 5.41) is 0. The predicted octanol–water partition coefficient (Wildman–Crippen LogP) is 4.94. The fourth-order valence-corrected chi connectivity index (χ4v) is 2.50. The molecule has 0 bridgehead atoms. The molecule has 2 aromatic carbocycles. The Hall–Kier alpha value is -3.07. The molecule has 0 saturated heterocycles. The molecule has 0 atom stereocenters. The molecular formula is C21H19N3. The molecule has 0 fully saturated rings. The molecule has 3 aromatic rings. The van der Waals surface area contributed by atoms with Crippen molar-refractivity contribution in [2.24, 2.45) is 0 Å². The Morgan fingerprint density at radius 3 is 2.33 bits per heavy atom. The second-order valence-corrected chi connectivity index (χ2v) is 5.50. The minimum absolute atomic E-state index is 0.603. The maximum absolute atomic E-state index is 4.65. The monoisotopic (exact) mass is 313 g/mol. The largest absolute Gasteiger partial charge is 0.209 e. The zero-order valence-electron chi connectivity index (χ0n) is 13.9. The topological polar surface area (TPSA) is 38.7 Å². The third-order valence-electron chi connectivity index (χ3n) is 3.74. The number of hydrogen-bond acceptors (Lipinski definition) is 3. The van der Waals surface area contributed by atoms with E-state index in [1.807, 2.05) is 67.6 Å². The van der Waals surface area contributed by atoms with Crippen molar-refractivity contribution in [2.45, 2.75) is 13.8 Å². The lowest BCUT2D eigenvalue weighted by molar-refractivity contribution is 1.01. The number of benzene rings is 2. The fourth-order valence-electron chi connectivity index (χ4n) is 2.50. The van der Waals surface area contributed by atoms with Crippen LogP contribution in [0.1, 0.15) is 29.7 Å². The lowest BCUT2D eigenvalue weighted by atomic mass is 10.0. The lowest BCUT2D eigenvalue weighted by Crippen LogP contribution is -2.03. The van der Waals surface area contributed by atoms with Crippen molar-refractivity contribution in [3.63, 3.8) is 0 Å². The van der Waals surface area contributed by atoms with Gasteiger partial charge in [0.1, 0.15) is 0 Å². The Labute approximate surface area is 142 Å². The molecule has 0 aliphatic carbocycles. The van der Waals surface area contributed by atoms with E-state index in [4.69, 9.17) is 0 Å². The Bertz CT molecular complexity index is 896. The molecule has 3 heteroatoms. The molecule has 1 heterocycles. The molecule has 0 amide bonds. The van der Waals surface area contributed by atoms with E-state index in [9.17, 15) is 0 Å². The highest BCUT2D eigenvalue weighted by Gasteiger charge is 2.12. The maximum Gasteiger partial charge on any atom is 0.164 e. The zero-order chi connectivity index (χ0) is 16.9. The summed E-state index contributed by atoms with van der Waals surface area (Å²) < 4.78 is 0. The smallest absolute Gasteiger partial charge is 0.164 e. The summed E-state index contributed by atoms with van der Waals surface area (Å²) in [6.45, 7) is 8.22. The van der Waals surface area contributed by atoms with Crippen molar-refractivity contribution in [1.29, 1.82) is 0 Å². The van der Waals surface area contributed by atoms with Crippen molar-refractivity contribution < 1.29 is 0 Å². The van der Waals surface area contributed by atoms with Gasteiger partial charge in [0.25, 0.3) is 0 Å². The Balaban J connectivity index is 2.12. The van der Waals surface area contributed by atoms with Crippen LogP contribution in [-0.2, 0) is 0 Å². The standard InChI is InChI=1S/C21H19N3/c1-4-10-19-22-20(16(3)18-14-9-8-11-15(18)2)24-21(23-19)17-12-6-5-7-13-17/h4-14H,3H2,1-2H3/b10-4+. The SMILES string of the molecule is C=C(c1nc(/C=C/C)nc(-c2ccccc2)n1)c1ccccc1C. The van der Waals surface area contributed by atoms with Crippen molar-refractivity contribution in [1.82, 2.24) is 15.0 Å². The summed E-state index contributed by atoms with van der Waals surface area (Å²) >= 11 is 0. The third kappa shape index (κ3) is 3.30. The summed E-state index contributed by atoms with van der Waals surface area (Å²) in [5.74, 6) is 1.89. The van der Waals surface area contributed by atoms with Gasteiger partial charge in [0, 0.05) is 11.1 Å². The second-order valence-electron chi connectivity index (χ2n) is 5.50. The van der Waals surface area contributed by atoms with Crippen LogP contribution in [0.25, 0.3) is 23.0 Å². The van der Waals surface area contributed by atoms with Gasteiger partial charge in [-0.2, -0.15) is 0 Å². The number of aryl methyl sites for hydroxylation is 1. The van der Waals surface area contributed by atoms with Gasteiger partial charge in [-0.3, -0.25) is 0 Å². The van der Waals surface area contributed by atoms with E-state index in [0.29, 0.717) is 17.5 Å². The molecular weight excluding hydrogens is 294 g/mol. The summed E-state index contributed by atoms with van der Waals surface area (Å²) in [5.41, 5.74) is 3.97. The van der Waals surface area contributed by atoms with Crippen LogP contribution >= 0.6 is 0 Å². The number of rotatable bonds is 4. The van der Waals surface area contributed by atoms with E-state index in [2.05, 4.69) is 34.5 Å². The van der Waals surface area contributed by atoms with Gasteiger partial charge in [-0.15, -0.1) is 0 Å². The first kappa shape index (κ1) is 15.8. The first-order valence-electron chi connectivity index (χ1n) is 7.88. The highest BCUT2D eigenvalue weighted by molar-refractivity contribution is 5.77. The van der Waals surface area contributed by atoms with Gasteiger partial charge >= 0.3 is 0 Å². The van der Waals surface area contributed by atoms with Gasteiger partial charge in [-0.05, 0) is 31.1 Å². The number of allylic oxidation sites excluding steroid dienone is 1. The quantitative estimate of drug-likeness (QED) is 0.684. The minimum Gasteiger partial charge on any atom is -0.209 e. The van der Waals surface area contributed by atoms with Gasteiger partial charge < -0.3 is 0 Å². The molecule has 0 aliphatic heterocycles. The Morgan fingerprint density at radius 2 is 1.62 bits per heavy atom. The Morgan fingerprint density at radius 1 is 0.917 bits per heavy atom. The second kappa shape index (κ2) is 7.01. The molecule has 3 nitrogen and oxygen atoms in total. The van der Waals surface area contributed by atoms with Crippen molar-refractivity contribution >= 4 is 11.6 Å². The van der Waals surface area contributed by atoms with Crippen LogP contribution in [0, 0.1) is 6.92 Å². The van der Waals surface area contributed by atoms with Crippen LogP contribution < -0.4 is 0 Å². The lowest BCUT2D eigenvalue weighted by Gasteiger charge is -2.10. The maximum atomic E-state index is 4.65. The third-order valence-corrected chi connectivity index (χ3v) is 3.74. The van der Waals surface area contributed by atoms with Gasteiger partial charge in [-0.1, -0.05) is 67.3 Å². The van der Waals surface area contributed by atoms with Crippen LogP contribution in [0.4, 0.5) is 0 Å². The van der Waals surface area contributed by atoms with Gasteiger partial charge in [0.2, 0.25) is 0 Å². The first-order chi connectivity index (χ1) is 11.7. The van der Waals surface area contributed by atoms with Crippen LogP contribution in [0.3, 0.4) is 0 Å². The molecule has 0 spiro atoms. The van der Waals surface area contributed by atoms with E-state index in [1.165, 1.54) is 0 Å². The average Bonchev–Trinajstić information content (AvgIpc) is 2.62. The van der Waals surface area contributed by atoms with Crippen LogP contribution in [0.2, 0.25) is 0 Å². The molecule has 1 aromatic heterocycles. The summed E-state index contributed by atoms with van der Waals surface area (Å²) in [6, 6.07) is 18.0. The molecule has 0 N–H and O–H groups in total. The normalized spacial score (nSPS) is 10.9. The predicted molar refractivity (Wildman–Crippen MR) is 99.3 cm³/mol. The summed E-state index contributed by atoms with van der Waals surface area (Å²) in [7, 11) is 0. The fraction of sp³-hybridized carbons (Fsp3) is 0.0952. The molecule has 24 heavy (non-hydrogen) atoms. The van der Waals surface area contributed by atoms with Crippen molar-refractivity contribution in [3.05, 3.63) is 90.0 Å².